The Morgan fingerprint density at radius 3 is 1.02 bits per heavy atom. The highest BCUT2D eigenvalue weighted by Crippen LogP contribution is 2.15. The van der Waals surface area contributed by atoms with Crippen LogP contribution in [0.25, 0.3) is 0 Å². The lowest BCUT2D eigenvalue weighted by Crippen LogP contribution is -2.30. The molecule has 1 atom stereocenters. The number of allylic oxidation sites excluding steroid dienone is 8. The van der Waals surface area contributed by atoms with Crippen molar-refractivity contribution in [2.75, 3.05) is 13.2 Å². The third kappa shape index (κ3) is 50.2. The molecule has 0 aliphatic rings. The summed E-state index contributed by atoms with van der Waals surface area (Å²) in [5.41, 5.74) is 0. The van der Waals surface area contributed by atoms with Gasteiger partial charge in [-0.2, -0.15) is 0 Å². The maximum atomic E-state index is 12.8. The summed E-state index contributed by atoms with van der Waals surface area (Å²) in [6, 6.07) is 0. The summed E-state index contributed by atoms with van der Waals surface area (Å²) in [6.45, 7) is 6.60. The molecule has 366 valence electrons. The fourth-order valence-electron chi connectivity index (χ4n) is 7.70. The van der Waals surface area contributed by atoms with E-state index in [1.165, 1.54) is 154 Å². The van der Waals surface area contributed by atoms with E-state index in [2.05, 4.69) is 69.4 Å². The number of esters is 3. The van der Waals surface area contributed by atoms with Gasteiger partial charge >= 0.3 is 17.9 Å². The van der Waals surface area contributed by atoms with E-state index in [0.717, 1.165) is 83.5 Å². The normalized spacial score (nSPS) is 12.4. The van der Waals surface area contributed by atoms with E-state index in [1.54, 1.807) is 0 Å². The maximum Gasteiger partial charge on any atom is 0.306 e. The van der Waals surface area contributed by atoms with Gasteiger partial charge in [0.1, 0.15) is 13.2 Å². The Bertz CT molecular complexity index is 1110. The van der Waals surface area contributed by atoms with Crippen LogP contribution in [-0.2, 0) is 28.6 Å². The quantitative estimate of drug-likeness (QED) is 0.0199. The van der Waals surface area contributed by atoms with Crippen molar-refractivity contribution in [3.8, 4) is 0 Å². The van der Waals surface area contributed by atoms with Gasteiger partial charge in [0.2, 0.25) is 0 Å². The molecule has 0 N–H and O–H groups in total. The van der Waals surface area contributed by atoms with Gasteiger partial charge in [0, 0.05) is 19.3 Å². The van der Waals surface area contributed by atoms with Gasteiger partial charge < -0.3 is 14.2 Å². The van der Waals surface area contributed by atoms with E-state index in [4.69, 9.17) is 14.2 Å². The van der Waals surface area contributed by atoms with Crippen LogP contribution in [-0.4, -0.2) is 37.2 Å². The SMILES string of the molecule is CCCCC/C=C\C/C=C\CCCCCCCCCC(=O)OCC(COC(=O)CCCCCCCCCCCCCC)OC(=O)CCCCC/C=C\C=C/CCCCCCCCC. The predicted octanol–water partition coefficient (Wildman–Crippen LogP) is 17.9. The average molecular weight is 883 g/mol. The van der Waals surface area contributed by atoms with Crippen molar-refractivity contribution < 1.29 is 28.6 Å². The van der Waals surface area contributed by atoms with Crippen molar-refractivity contribution >= 4 is 17.9 Å². The zero-order chi connectivity index (χ0) is 45.8. The van der Waals surface area contributed by atoms with Crippen LogP contribution >= 0.6 is 0 Å². The average Bonchev–Trinajstić information content (AvgIpc) is 3.28. The third-order valence-electron chi connectivity index (χ3n) is 11.8. The number of ether oxygens (including phenoxy) is 3. The standard InChI is InChI=1S/C57H102O6/c1-4-7-10-13-16-19-22-25-27-29-31-32-35-38-41-44-47-50-56(59)62-53-54(52-61-55(58)49-46-43-40-37-34-24-21-18-15-12-9-6-3)63-57(60)51-48-45-42-39-36-33-30-28-26-23-20-17-14-11-8-5-2/h16,19,25,27-28,30,33,36,54H,4-15,17-18,20-24,26,29,31-32,34-35,37-53H2,1-3H3/b19-16-,27-25-,30-28-,36-33-. The summed E-state index contributed by atoms with van der Waals surface area (Å²) in [5, 5.41) is 0. The van der Waals surface area contributed by atoms with Gasteiger partial charge in [-0.15, -0.1) is 0 Å². The Labute approximate surface area is 390 Å². The Morgan fingerprint density at radius 1 is 0.333 bits per heavy atom. The van der Waals surface area contributed by atoms with Crippen molar-refractivity contribution in [1.82, 2.24) is 0 Å². The van der Waals surface area contributed by atoms with E-state index in [-0.39, 0.29) is 31.1 Å². The molecule has 1 unspecified atom stereocenters. The predicted molar refractivity (Wildman–Crippen MR) is 270 cm³/mol. The number of carbonyl (C=O) groups excluding carboxylic acids is 3. The molecule has 0 spiro atoms. The highest BCUT2D eigenvalue weighted by atomic mass is 16.6. The van der Waals surface area contributed by atoms with E-state index >= 15 is 0 Å². The van der Waals surface area contributed by atoms with Gasteiger partial charge in [0.25, 0.3) is 0 Å². The number of hydrogen-bond donors (Lipinski definition) is 0. The molecule has 0 amide bonds. The summed E-state index contributed by atoms with van der Waals surface area (Å²) in [5.74, 6) is -0.909. The lowest BCUT2D eigenvalue weighted by molar-refractivity contribution is -0.167. The van der Waals surface area contributed by atoms with Gasteiger partial charge in [-0.3, -0.25) is 14.4 Å². The third-order valence-corrected chi connectivity index (χ3v) is 11.8. The van der Waals surface area contributed by atoms with Gasteiger partial charge in [0.15, 0.2) is 6.10 Å². The minimum atomic E-state index is -0.787. The second-order valence-electron chi connectivity index (χ2n) is 18.2. The van der Waals surface area contributed by atoms with E-state index in [1.807, 2.05) is 0 Å². The van der Waals surface area contributed by atoms with Crippen LogP contribution in [0.15, 0.2) is 48.6 Å². The van der Waals surface area contributed by atoms with Gasteiger partial charge in [-0.05, 0) is 77.0 Å². The summed E-state index contributed by atoms with van der Waals surface area (Å²) >= 11 is 0. The Hall–Kier alpha value is -2.63. The van der Waals surface area contributed by atoms with E-state index in [0.29, 0.717) is 19.3 Å². The highest BCUT2D eigenvalue weighted by molar-refractivity contribution is 5.71. The van der Waals surface area contributed by atoms with E-state index < -0.39 is 6.10 Å². The molecule has 0 bridgehead atoms. The zero-order valence-electron chi connectivity index (χ0n) is 41.8. The summed E-state index contributed by atoms with van der Waals surface area (Å²) < 4.78 is 16.8. The van der Waals surface area contributed by atoms with Crippen LogP contribution in [0, 0.1) is 0 Å². The van der Waals surface area contributed by atoms with Crippen molar-refractivity contribution in [3.05, 3.63) is 48.6 Å². The molecule has 0 aliphatic heterocycles. The highest BCUT2D eigenvalue weighted by Gasteiger charge is 2.19. The second-order valence-corrected chi connectivity index (χ2v) is 18.2. The molecule has 0 radical (unpaired) electrons. The lowest BCUT2D eigenvalue weighted by Gasteiger charge is -2.18. The van der Waals surface area contributed by atoms with Gasteiger partial charge in [0.05, 0.1) is 0 Å². The van der Waals surface area contributed by atoms with Gasteiger partial charge in [-0.1, -0.05) is 230 Å². The largest absolute Gasteiger partial charge is 0.462 e. The zero-order valence-corrected chi connectivity index (χ0v) is 41.8. The number of rotatable bonds is 49. The molecule has 0 saturated heterocycles. The maximum absolute atomic E-state index is 12.8. The Balaban J connectivity index is 4.40. The summed E-state index contributed by atoms with van der Waals surface area (Å²) in [7, 11) is 0. The number of hydrogen-bond acceptors (Lipinski definition) is 6. The fraction of sp³-hybridized carbons (Fsp3) is 0.807. The molecule has 0 aliphatic carbocycles. The van der Waals surface area contributed by atoms with Crippen molar-refractivity contribution in [1.29, 1.82) is 0 Å². The van der Waals surface area contributed by atoms with Crippen molar-refractivity contribution in [2.24, 2.45) is 0 Å². The summed E-state index contributed by atoms with van der Waals surface area (Å²) in [6.07, 6.45) is 62.3. The molecule has 0 aromatic carbocycles. The summed E-state index contributed by atoms with van der Waals surface area (Å²) in [4.78, 5) is 38.0. The molecule has 6 nitrogen and oxygen atoms in total. The molecule has 6 heteroatoms. The molecule has 0 heterocycles. The number of carbonyl (C=O) groups is 3. The Morgan fingerprint density at radius 2 is 0.619 bits per heavy atom. The first-order chi connectivity index (χ1) is 31.0. The molecular formula is C57H102O6. The van der Waals surface area contributed by atoms with Crippen LogP contribution in [0.1, 0.15) is 278 Å². The molecule has 0 fully saturated rings. The first-order valence-electron chi connectivity index (χ1n) is 27.2. The van der Waals surface area contributed by atoms with Crippen LogP contribution < -0.4 is 0 Å². The lowest BCUT2D eigenvalue weighted by atomic mass is 10.0. The van der Waals surface area contributed by atoms with E-state index in [9.17, 15) is 14.4 Å². The Kier molecular flexibility index (Phi) is 49.8. The topological polar surface area (TPSA) is 78.9 Å². The number of unbranched alkanes of at least 4 members (excludes halogenated alkanes) is 31. The first-order valence-corrected chi connectivity index (χ1v) is 27.2. The van der Waals surface area contributed by atoms with Gasteiger partial charge in [-0.25, -0.2) is 0 Å². The van der Waals surface area contributed by atoms with Crippen LogP contribution in [0.5, 0.6) is 0 Å². The van der Waals surface area contributed by atoms with Crippen molar-refractivity contribution in [2.45, 2.75) is 284 Å². The minimum Gasteiger partial charge on any atom is -0.462 e. The smallest absolute Gasteiger partial charge is 0.306 e. The van der Waals surface area contributed by atoms with Crippen LogP contribution in [0.3, 0.4) is 0 Å². The molecule has 0 saturated carbocycles. The first kappa shape index (κ1) is 60.4. The molecule has 63 heavy (non-hydrogen) atoms. The fourth-order valence-corrected chi connectivity index (χ4v) is 7.70. The molecule has 0 aromatic rings. The monoisotopic (exact) mass is 883 g/mol. The van der Waals surface area contributed by atoms with Crippen LogP contribution in [0.2, 0.25) is 0 Å². The second kappa shape index (κ2) is 52.0. The van der Waals surface area contributed by atoms with Crippen molar-refractivity contribution in [3.63, 3.8) is 0 Å². The minimum absolute atomic E-state index is 0.0840. The molecule has 0 rings (SSSR count). The molecule has 0 aromatic heterocycles. The van der Waals surface area contributed by atoms with Crippen LogP contribution in [0.4, 0.5) is 0 Å². The molecular weight excluding hydrogens is 781 g/mol.